The fourth-order valence-electron chi connectivity index (χ4n) is 3.46. The Morgan fingerprint density at radius 2 is 1.52 bits per heavy atom. The fraction of sp³-hybridized carbons (Fsp3) is 0.296. The van der Waals surface area contributed by atoms with Gasteiger partial charge >= 0.3 is 0 Å². The third-order valence-corrected chi connectivity index (χ3v) is 5.56. The van der Waals surface area contributed by atoms with Crippen molar-refractivity contribution in [3.8, 4) is 23.0 Å². The Morgan fingerprint density at radius 1 is 0.788 bits per heavy atom. The zero-order valence-electron chi connectivity index (χ0n) is 19.9. The number of rotatable bonds is 10. The van der Waals surface area contributed by atoms with Crippen LogP contribution in [0.3, 0.4) is 0 Å². The van der Waals surface area contributed by atoms with Crippen molar-refractivity contribution in [1.29, 1.82) is 0 Å². The molecule has 0 saturated carbocycles. The van der Waals surface area contributed by atoms with Crippen molar-refractivity contribution in [3.63, 3.8) is 0 Å². The lowest BCUT2D eigenvalue weighted by Crippen LogP contribution is -2.25. The summed E-state index contributed by atoms with van der Waals surface area (Å²) in [6.45, 7) is 4.92. The number of amides is 1. The van der Waals surface area contributed by atoms with Gasteiger partial charge < -0.3 is 24.3 Å². The quantitative estimate of drug-likeness (QED) is 0.478. The number of hydrogen-bond acceptors (Lipinski definition) is 5. The van der Waals surface area contributed by atoms with Gasteiger partial charge in [0, 0.05) is 17.7 Å². The highest BCUT2D eigenvalue weighted by Crippen LogP contribution is 2.28. The third kappa shape index (κ3) is 6.19. The summed E-state index contributed by atoms with van der Waals surface area (Å²) in [6.07, 6.45) is 0.672. The smallest absolute Gasteiger partial charge is 0.251 e. The van der Waals surface area contributed by atoms with Crippen molar-refractivity contribution in [2.45, 2.75) is 26.9 Å². The van der Waals surface area contributed by atoms with Crippen LogP contribution in [0, 0.1) is 13.8 Å². The number of hydrogen-bond donors (Lipinski definition) is 1. The maximum absolute atomic E-state index is 12.7. The molecule has 3 aromatic rings. The summed E-state index contributed by atoms with van der Waals surface area (Å²) in [5.41, 5.74) is 4.80. The molecule has 6 nitrogen and oxygen atoms in total. The second-order valence-electron chi connectivity index (χ2n) is 7.76. The third-order valence-electron chi connectivity index (χ3n) is 5.56. The number of carbonyl (C=O) groups excluding carboxylic acids is 1. The molecular weight excluding hydrogens is 418 g/mol. The summed E-state index contributed by atoms with van der Waals surface area (Å²) >= 11 is 0. The van der Waals surface area contributed by atoms with Crippen LogP contribution in [0.25, 0.3) is 0 Å². The summed E-state index contributed by atoms with van der Waals surface area (Å²) in [6, 6.07) is 17.1. The van der Waals surface area contributed by atoms with Crippen LogP contribution < -0.4 is 24.3 Å². The first-order chi connectivity index (χ1) is 15.9. The van der Waals surface area contributed by atoms with E-state index < -0.39 is 0 Å². The van der Waals surface area contributed by atoms with Gasteiger partial charge in [-0.05, 0) is 79.4 Å². The first kappa shape index (κ1) is 24.0. The second kappa shape index (κ2) is 11.3. The van der Waals surface area contributed by atoms with Gasteiger partial charge in [-0.25, -0.2) is 0 Å². The van der Waals surface area contributed by atoms with E-state index in [9.17, 15) is 4.79 Å². The van der Waals surface area contributed by atoms with Gasteiger partial charge in [0.15, 0.2) is 11.5 Å². The van der Waals surface area contributed by atoms with Crippen LogP contribution in [-0.4, -0.2) is 33.8 Å². The standard InChI is InChI=1S/C27H31NO5/c1-18-6-9-23(14-19(18)2)33-17-22-16-21(8-11-24(22)30-3)27(29)28-13-12-20-7-10-25(31-4)26(15-20)32-5/h6-11,14-16H,12-13,17H2,1-5H3,(H,28,29). The average molecular weight is 450 g/mol. The zero-order chi connectivity index (χ0) is 23.8. The highest BCUT2D eigenvalue weighted by atomic mass is 16.5. The highest BCUT2D eigenvalue weighted by molar-refractivity contribution is 5.94. The van der Waals surface area contributed by atoms with E-state index >= 15 is 0 Å². The van der Waals surface area contributed by atoms with E-state index in [1.165, 1.54) is 11.1 Å². The molecule has 0 unspecified atom stereocenters. The molecule has 33 heavy (non-hydrogen) atoms. The molecule has 0 aromatic heterocycles. The molecule has 6 heteroatoms. The molecule has 3 rings (SSSR count). The van der Waals surface area contributed by atoms with Crippen molar-refractivity contribution >= 4 is 5.91 Å². The normalized spacial score (nSPS) is 10.5. The van der Waals surface area contributed by atoms with Crippen LogP contribution in [0.1, 0.15) is 32.6 Å². The van der Waals surface area contributed by atoms with Gasteiger partial charge in [-0.15, -0.1) is 0 Å². The number of benzene rings is 3. The predicted octanol–water partition coefficient (Wildman–Crippen LogP) is 4.88. The van der Waals surface area contributed by atoms with Gasteiger partial charge in [0.2, 0.25) is 0 Å². The van der Waals surface area contributed by atoms with Crippen molar-refractivity contribution in [3.05, 3.63) is 82.4 Å². The van der Waals surface area contributed by atoms with Crippen molar-refractivity contribution in [2.24, 2.45) is 0 Å². The lowest BCUT2D eigenvalue weighted by Gasteiger charge is -2.13. The maximum atomic E-state index is 12.7. The minimum Gasteiger partial charge on any atom is -0.496 e. The van der Waals surface area contributed by atoms with Crippen LogP contribution in [0.5, 0.6) is 23.0 Å². The fourth-order valence-corrected chi connectivity index (χ4v) is 3.46. The molecule has 0 heterocycles. The van der Waals surface area contributed by atoms with E-state index in [2.05, 4.69) is 19.2 Å². The highest BCUT2D eigenvalue weighted by Gasteiger charge is 2.12. The van der Waals surface area contributed by atoms with Crippen LogP contribution in [0.2, 0.25) is 0 Å². The molecule has 0 fully saturated rings. The van der Waals surface area contributed by atoms with Crippen LogP contribution in [0.4, 0.5) is 0 Å². The first-order valence-electron chi connectivity index (χ1n) is 10.8. The SMILES string of the molecule is COc1ccc(C(=O)NCCc2ccc(OC)c(OC)c2)cc1COc1ccc(C)c(C)c1. The van der Waals surface area contributed by atoms with E-state index in [-0.39, 0.29) is 5.91 Å². The van der Waals surface area contributed by atoms with Gasteiger partial charge in [0.05, 0.1) is 21.3 Å². The maximum Gasteiger partial charge on any atom is 0.251 e. The first-order valence-corrected chi connectivity index (χ1v) is 10.8. The minimum absolute atomic E-state index is 0.148. The number of nitrogens with one attached hydrogen (secondary N) is 1. The molecule has 1 N–H and O–H groups in total. The molecule has 0 radical (unpaired) electrons. The van der Waals surface area contributed by atoms with Crippen molar-refractivity contribution in [2.75, 3.05) is 27.9 Å². The molecule has 0 saturated heterocycles. The summed E-state index contributed by atoms with van der Waals surface area (Å²) in [5.74, 6) is 2.67. The molecule has 1 amide bonds. The lowest BCUT2D eigenvalue weighted by molar-refractivity contribution is 0.0954. The molecule has 0 bridgehead atoms. The van der Waals surface area contributed by atoms with Crippen molar-refractivity contribution in [1.82, 2.24) is 5.32 Å². The summed E-state index contributed by atoms with van der Waals surface area (Å²) in [7, 11) is 4.82. The zero-order valence-corrected chi connectivity index (χ0v) is 19.9. The monoisotopic (exact) mass is 449 g/mol. The Labute approximate surface area is 195 Å². The van der Waals surface area contributed by atoms with E-state index in [0.29, 0.717) is 42.4 Å². The topological polar surface area (TPSA) is 66.0 Å². The van der Waals surface area contributed by atoms with E-state index in [1.807, 2.05) is 42.5 Å². The number of ether oxygens (including phenoxy) is 4. The van der Waals surface area contributed by atoms with E-state index in [1.54, 1.807) is 33.5 Å². The molecular formula is C27H31NO5. The number of aryl methyl sites for hydroxylation is 2. The van der Waals surface area contributed by atoms with Crippen LogP contribution in [0.15, 0.2) is 54.6 Å². The summed E-state index contributed by atoms with van der Waals surface area (Å²) in [5, 5.41) is 2.97. The van der Waals surface area contributed by atoms with Gasteiger partial charge in [-0.2, -0.15) is 0 Å². The van der Waals surface area contributed by atoms with Crippen LogP contribution >= 0.6 is 0 Å². The van der Waals surface area contributed by atoms with Crippen LogP contribution in [-0.2, 0) is 13.0 Å². The Hall–Kier alpha value is -3.67. The molecule has 0 aliphatic rings. The molecule has 174 valence electrons. The van der Waals surface area contributed by atoms with Gasteiger partial charge in [-0.1, -0.05) is 12.1 Å². The lowest BCUT2D eigenvalue weighted by atomic mass is 10.1. The second-order valence-corrected chi connectivity index (χ2v) is 7.76. The summed E-state index contributed by atoms with van der Waals surface area (Å²) in [4.78, 5) is 12.7. The Bertz CT molecular complexity index is 1110. The van der Waals surface area contributed by atoms with Gasteiger partial charge in [-0.3, -0.25) is 4.79 Å². The Balaban J connectivity index is 1.62. The molecule has 0 spiro atoms. The molecule has 0 aliphatic carbocycles. The van der Waals surface area contributed by atoms with Crippen molar-refractivity contribution < 1.29 is 23.7 Å². The Morgan fingerprint density at radius 3 is 2.21 bits per heavy atom. The molecule has 0 atom stereocenters. The van der Waals surface area contributed by atoms with Gasteiger partial charge in [0.25, 0.3) is 5.91 Å². The van der Waals surface area contributed by atoms with Gasteiger partial charge in [0.1, 0.15) is 18.1 Å². The van der Waals surface area contributed by atoms with E-state index in [4.69, 9.17) is 18.9 Å². The predicted molar refractivity (Wildman–Crippen MR) is 129 cm³/mol. The minimum atomic E-state index is -0.148. The number of methoxy groups -OCH3 is 3. The molecule has 0 aliphatic heterocycles. The number of carbonyl (C=O) groups is 1. The summed E-state index contributed by atoms with van der Waals surface area (Å²) < 4.78 is 22.0. The Kier molecular flexibility index (Phi) is 8.19. The molecule has 3 aromatic carbocycles. The average Bonchev–Trinajstić information content (AvgIpc) is 2.84. The largest absolute Gasteiger partial charge is 0.496 e. The van der Waals surface area contributed by atoms with E-state index in [0.717, 1.165) is 16.9 Å².